The summed E-state index contributed by atoms with van der Waals surface area (Å²) in [5, 5.41) is 0. The maximum Gasteiger partial charge on any atom is 0.186 e. The predicted octanol–water partition coefficient (Wildman–Crippen LogP) is 5.38. The van der Waals surface area contributed by atoms with E-state index in [1.54, 1.807) is 13.2 Å². The van der Waals surface area contributed by atoms with E-state index in [0.29, 0.717) is 0 Å². The van der Waals surface area contributed by atoms with E-state index in [1.165, 1.54) is 0 Å². The summed E-state index contributed by atoms with van der Waals surface area (Å²) in [4.78, 5) is 20.5. The lowest BCUT2D eigenvalue weighted by molar-refractivity contribution is 0.104. The molecule has 1 heterocycles. The van der Waals surface area contributed by atoms with E-state index >= 15 is 0 Å². The summed E-state index contributed by atoms with van der Waals surface area (Å²) in [7, 11) is 7.91. The molecule has 4 rings (SSSR count). The number of hydrogen-bond acceptors (Lipinski definition) is 5. The summed E-state index contributed by atoms with van der Waals surface area (Å²) < 4.78 is 5.42. The van der Waals surface area contributed by atoms with Crippen LogP contribution in [-0.2, 0) is 6.54 Å². The number of carbonyl (C=O) groups is 1. The molecule has 0 spiro atoms. The third-order valence-electron chi connectivity index (χ3n) is 6.82. The smallest absolute Gasteiger partial charge is 0.186 e. The van der Waals surface area contributed by atoms with Crippen LogP contribution in [0.15, 0.2) is 66.7 Å². The number of allylic oxidation sites excluding steroid dienone is 1. The molecule has 5 heteroatoms. The van der Waals surface area contributed by atoms with Crippen LogP contribution in [0, 0.1) is 6.92 Å². The van der Waals surface area contributed by atoms with Gasteiger partial charge in [-0.15, -0.1) is 0 Å². The largest absolute Gasteiger partial charge is 0.497 e. The van der Waals surface area contributed by atoms with Gasteiger partial charge in [-0.1, -0.05) is 42.5 Å². The Balaban J connectivity index is 1.71. The second-order valence-electron chi connectivity index (χ2n) is 9.84. The van der Waals surface area contributed by atoms with Crippen molar-refractivity contribution in [2.75, 3.05) is 59.3 Å². The van der Waals surface area contributed by atoms with E-state index < -0.39 is 0 Å². The van der Waals surface area contributed by atoms with E-state index in [1.807, 2.05) is 50.5 Å². The SMILES string of the molecule is COc1ccc(/C=C/C(=O)c2cc(N3CCN(C)CC3)ccc2-c2ccccc2C)c(CN(C)C)c1. The standard InChI is InChI=1S/C31H37N3O2/c1-23-8-6-7-9-28(23)29-14-12-26(34-18-16-33(4)17-19-34)21-30(29)31(35)15-11-24-10-13-27(36-5)20-25(24)22-32(2)3/h6-15,20-21H,16-19,22H2,1-5H3/b15-11+. The first kappa shape index (κ1) is 25.7. The number of hydrogen-bond donors (Lipinski definition) is 0. The van der Waals surface area contributed by atoms with E-state index in [2.05, 4.69) is 59.0 Å². The molecule has 0 N–H and O–H groups in total. The van der Waals surface area contributed by atoms with Gasteiger partial charge in [-0.25, -0.2) is 0 Å². The van der Waals surface area contributed by atoms with Crippen molar-refractivity contribution in [3.63, 3.8) is 0 Å². The van der Waals surface area contributed by atoms with Crippen LogP contribution in [0.1, 0.15) is 27.0 Å². The van der Waals surface area contributed by atoms with Gasteiger partial charge in [0, 0.05) is 44.0 Å². The molecule has 3 aromatic rings. The van der Waals surface area contributed by atoms with Crippen LogP contribution in [0.2, 0.25) is 0 Å². The zero-order valence-electron chi connectivity index (χ0n) is 22.1. The summed E-state index contributed by atoms with van der Waals surface area (Å²) in [6, 6.07) is 20.6. The first-order chi connectivity index (χ1) is 17.4. The summed E-state index contributed by atoms with van der Waals surface area (Å²) in [5.41, 5.74) is 7.21. The molecule has 0 atom stereocenters. The van der Waals surface area contributed by atoms with Gasteiger partial charge in [-0.05, 0) is 86.2 Å². The van der Waals surface area contributed by atoms with Crippen LogP contribution in [0.5, 0.6) is 5.75 Å². The van der Waals surface area contributed by atoms with E-state index in [4.69, 9.17) is 4.74 Å². The fourth-order valence-electron chi connectivity index (χ4n) is 4.71. The Labute approximate surface area is 215 Å². The van der Waals surface area contributed by atoms with Crippen molar-refractivity contribution in [2.45, 2.75) is 13.5 Å². The number of rotatable bonds is 8. The van der Waals surface area contributed by atoms with Crippen molar-refractivity contribution in [2.24, 2.45) is 0 Å². The number of benzene rings is 3. The highest BCUT2D eigenvalue weighted by molar-refractivity contribution is 6.11. The van der Waals surface area contributed by atoms with E-state index in [-0.39, 0.29) is 5.78 Å². The number of methoxy groups -OCH3 is 1. The van der Waals surface area contributed by atoms with Gasteiger partial charge >= 0.3 is 0 Å². The minimum Gasteiger partial charge on any atom is -0.497 e. The fourth-order valence-corrected chi connectivity index (χ4v) is 4.71. The summed E-state index contributed by atoms with van der Waals surface area (Å²) >= 11 is 0. The molecular formula is C31H37N3O2. The average Bonchev–Trinajstić information content (AvgIpc) is 2.88. The minimum atomic E-state index is 0.0100. The minimum absolute atomic E-state index is 0.0100. The van der Waals surface area contributed by atoms with Crippen molar-refractivity contribution in [3.05, 3.63) is 89.0 Å². The van der Waals surface area contributed by atoms with Gasteiger partial charge in [0.2, 0.25) is 0 Å². The highest BCUT2D eigenvalue weighted by Crippen LogP contribution is 2.31. The number of ketones is 1. The second-order valence-corrected chi connectivity index (χ2v) is 9.84. The topological polar surface area (TPSA) is 36.0 Å². The summed E-state index contributed by atoms with van der Waals surface area (Å²) in [5.74, 6) is 0.827. The lowest BCUT2D eigenvalue weighted by atomic mass is 9.92. The molecule has 5 nitrogen and oxygen atoms in total. The maximum atomic E-state index is 13.7. The Bertz CT molecular complexity index is 1240. The average molecular weight is 484 g/mol. The number of nitrogens with zero attached hydrogens (tertiary/aromatic N) is 3. The van der Waals surface area contributed by atoms with Gasteiger partial charge in [-0.2, -0.15) is 0 Å². The molecule has 0 radical (unpaired) electrons. The van der Waals surface area contributed by atoms with Gasteiger partial charge in [0.25, 0.3) is 0 Å². The first-order valence-corrected chi connectivity index (χ1v) is 12.5. The lowest BCUT2D eigenvalue weighted by Crippen LogP contribution is -2.44. The van der Waals surface area contributed by atoms with Gasteiger partial charge in [0.05, 0.1) is 7.11 Å². The molecule has 0 unspecified atom stereocenters. The van der Waals surface area contributed by atoms with Gasteiger partial charge in [0.1, 0.15) is 5.75 Å². The van der Waals surface area contributed by atoms with Crippen LogP contribution in [0.25, 0.3) is 17.2 Å². The lowest BCUT2D eigenvalue weighted by Gasteiger charge is -2.34. The fraction of sp³-hybridized carbons (Fsp3) is 0.323. The molecule has 188 valence electrons. The highest BCUT2D eigenvalue weighted by atomic mass is 16.5. The first-order valence-electron chi connectivity index (χ1n) is 12.5. The number of aryl methyl sites for hydroxylation is 1. The molecule has 1 aliphatic heterocycles. The number of ether oxygens (including phenoxy) is 1. The monoisotopic (exact) mass is 483 g/mol. The van der Waals surface area contributed by atoms with E-state index in [9.17, 15) is 4.79 Å². The molecular weight excluding hydrogens is 446 g/mol. The summed E-state index contributed by atoms with van der Waals surface area (Å²) in [6.07, 6.45) is 3.65. The molecule has 0 amide bonds. The zero-order valence-corrected chi connectivity index (χ0v) is 22.1. The van der Waals surface area contributed by atoms with Crippen molar-refractivity contribution in [1.29, 1.82) is 0 Å². The van der Waals surface area contributed by atoms with Gasteiger partial charge < -0.3 is 19.4 Å². The maximum absolute atomic E-state index is 13.7. The van der Waals surface area contributed by atoms with E-state index in [0.717, 1.165) is 77.5 Å². The number of carbonyl (C=O) groups excluding carboxylic acids is 1. The second kappa shape index (κ2) is 11.5. The van der Waals surface area contributed by atoms with Crippen LogP contribution in [0.4, 0.5) is 5.69 Å². The van der Waals surface area contributed by atoms with Crippen LogP contribution in [-0.4, -0.2) is 70.0 Å². The van der Waals surface area contributed by atoms with Crippen molar-refractivity contribution >= 4 is 17.5 Å². The Kier molecular flexibility index (Phi) is 8.24. The van der Waals surface area contributed by atoms with Crippen molar-refractivity contribution in [1.82, 2.24) is 9.80 Å². The third kappa shape index (κ3) is 6.04. The Morgan fingerprint density at radius 3 is 2.42 bits per heavy atom. The van der Waals surface area contributed by atoms with Crippen LogP contribution >= 0.6 is 0 Å². The van der Waals surface area contributed by atoms with Gasteiger partial charge in [0.15, 0.2) is 5.78 Å². The zero-order chi connectivity index (χ0) is 25.7. The Hall–Kier alpha value is -3.41. The number of likely N-dealkylation sites (N-methyl/N-ethyl adjacent to an activating group) is 1. The number of anilines is 1. The normalized spacial score (nSPS) is 14.6. The third-order valence-corrected chi connectivity index (χ3v) is 6.82. The molecule has 0 saturated carbocycles. The quantitative estimate of drug-likeness (QED) is 0.318. The molecule has 0 bridgehead atoms. The number of piperazine rings is 1. The van der Waals surface area contributed by atoms with Gasteiger partial charge in [-0.3, -0.25) is 4.79 Å². The molecule has 36 heavy (non-hydrogen) atoms. The van der Waals surface area contributed by atoms with Crippen molar-refractivity contribution < 1.29 is 9.53 Å². The Morgan fingerprint density at radius 2 is 1.72 bits per heavy atom. The van der Waals surface area contributed by atoms with Crippen LogP contribution in [0.3, 0.4) is 0 Å². The van der Waals surface area contributed by atoms with Crippen molar-refractivity contribution in [3.8, 4) is 16.9 Å². The molecule has 1 saturated heterocycles. The predicted molar refractivity (Wildman–Crippen MR) is 150 cm³/mol. The molecule has 1 fully saturated rings. The summed E-state index contributed by atoms with van der Waals surface area (Å²) in [6.45, 7) is 6.83. The van der Waals surface area contributed by atoms with Crippen LogP contribution < -0.4 is 9.64 Å². The molecule has 0 aliphatic carbocycles. The molecule has 1 aliphatic rings. The highest BCUT2D eigenvalue weighted by Gasteiger charge is 2.19. The molecule has 0 aromatic heterocycles. The Morgan fingerprint density at radius 1 is 0.972 bits per heavy atom. The molecule has 3 aromatic carbocycles.